The van der Waals surface area contributed by atoms with Crippen LogP contribution < -0.4 is 0 Å². The van der Waals surface area contributed by atoms with Crippen molar-refractivity contribution >= 4 is 0 Å². The Balaban J connectivity index is 1.81. The van der Waals surface area contributed by atoms with E-state index in [2.05, 4.69) is 38.1 Å². The van der Waals surface area contributed by atoms with Crippen LogP contribution in [0.1, 0.15) is 50.2 Å². The van der Waals surface area contributed by atoms with Gasteiger partial charge in [0.25, 0.3) is 0 Å². The normalized spacial score (nSPS) is 25.9. The van der Waals surface area contributed by atoms with Crippen LogP contribution in [0.25, 0.3) is 0 Å². The SMILES string of the molecule is Cc1ccccc1CCC(O)C1CCC(C)CC1. The molecule has 1 N–H and O–H groups in total. The monoisotopic (exact) mass is 246 g/mol. The van der Waals surface area contributed by atoms with Crippen LogP contribution in [0.2, 0.25) is 0 Å². The summed E-state index contributed by atoms with van der Waals surface area (Å²) < 4.78 is 0. The molecule has 1 saturated carbocycles. The Morgan fingerprint density at radius 1 is 1.17 bits per heavy atom. The van der Waals surface area contributed by atoms with E-state index in [-0.39, 0.29) is 6.10 Å². The molecule has 0 spiro atoms. The number of hydrogen-bond acceptors (Lipinski definition) is 1. The van der Waals surface area contributed by atoms with Crippen molar-refractivity contribution in [2.45, 2.75) is 58.5 Å². The molecule has 1 aromatic carbocycles. The molecule has 1 heteroatoms. The molecule has 1 unspecified atom stereocenters. The summed E-state index contributed by atoms with van der Waals surface area (Å²) in [5.41, 5.74) is 2.74. The van der Waals surface area contributed by atoms with Crippen LogP contribution in [0.4, 0.5) is 0 Å². The topological polar surface area (TPSA) is 20.2 Å². The average Bonchev–Trinajstić information content (AvgIpc) is 2.38. The van der Waals surface area contributed by atoms with E-state index in [0.29, 0.717) is 5.92 Å². The molecule has 0 radical (unpaired) electrons. The van der Waals surface area contributed by atoms with Crippen molar-refractivity contribution in [3.05, 3.63) is 35.4 Å². The Morgan fingerprint density at radius 3 is 2.50 bits per heavy atom. The molecule has 1 aliphatic rings. The molecule has 0 amide bonds. The van der Waals surface area contributed by atoms with Gasteiger partial charge in [-0.15, -0.1) is 0 Å². The van der Waals surface area contributed by atoms with Gasteiger partial charge in [-0.05, 0) is 55.6 Å². The predicted molar refractivity (Wildman–Crippen MR) is 76.6 cm³/mol. The van der Waals surface area contributed by atoms with Crippen molar-refractivity contribution in [3.8, 4) is 0 Å². The molecule has 0 aliphatic heterocycles. The van der Waals surface area contributed by atoms with E-state index in [4.69, 9.17) is 0 Å². The molecule has 0 saturated heterocycles. The van der Waals surface area contributed by atoms with Crippen LogP contribution in [-0.4, -0.2) is 11.2 Å². The van der Waals surface area contributed by atoms with Gasteiger partial charge in [0.15, 0.2) is 0 Å². The fraction of sp³-hybridized carbons (Fsp3) is 0.647. The van der Waals surface area contributed by atoms with Gasteiger partial charge in [0, 0.05) is 0 Å². The number of hydrogen-bond donors (Lipinski definition) is 1. The molecular formula is C17H26O. The van der Waals surface area contributed by atoms with E-state index in [1.165, 1.54) is 36.8 Å². The number of aliphatic hydroxyl groups is 1. The summed E-state index contributed by atoms with van der Waals surface area (Å²) in [5.74, 6) is 1.41. The Morgan fingerprint density at radius 2 is 1.83 bits per heavy atom. The lowest BCUT2D eigenvalue weighted by Crippen LogP contribution is -2.25. The highest BCUT2D eigenvalue weighted by Gasteiger charge is 2.24. The second-order valence-electron chi connectivity index (χ2n) is 6.05. The van der Waals surface area contributed by atoms with E-state index in [0.717, 1.165) is 18.8 Å². The molecule has 0 aromatic heterocycles. The maximum Gasteiger partial charge on any atom is 0.0571 e. The Bertz CT molecular complexity index is 364. The fourth-order valence-electron chi connectivity index (χ4n) is 3.10. The Hall–Kier alpha value is -0.820. The molecule has 100 valence electrons. The molecule has 1 aromatic rings. The number of benzene rings is 1. The highest BCUT2D eigenvalue weighted by Crippen LogP contribution is 2.31. The smallest absolute Gasteiger partial charge is 0.0571 e. The summed E-state index contributed by atoms with van der Waals surface area (Å²) >= 11 is 0. The third-order valence-corrected chi connectivity index (χ3v) is 4.58. The van der Waals surface area contributed by atoms with E-state index in [1.54, 1.807) is 0 Å². The maximum atomic E-state index is 10.3. The van der Waals surface area contributed by atoms with Crippen LogP contribution in [-0.2, 0) is 6.42 Å². The first-order valence-electron chi connectivity index (χ1n) is 7.39. The lowest BCUT2D eigenvalue weighted by Gasteiger charge is -2.30. The van der Waals surface area contributed by atoms with E-state index < -0.39 is 0 Å². The van der Waals surface area contributed by atoms with E-state index >= 15 is 0 Å². The van der Waals surface area contributed by atoms with Crippen molar-refractivity contribution in [2.24, 2.45) is 11.8 Å². The first-order valence-corrected chi connectivity index (χ1v) is 7.39. The van der Waals surface area contributed by atoms with Gasteiger partial charge < -0.3 is 5.11 Å². The largest absolute Gasteiger partial charge is 0.393 e. The molecule has 0 heterocycles. The van der Waals surface area contributed by atoms with Gasteiger partial charge >= 0.3 is 0 Å². The molecule has 1 nitrogen and oxygen atoms in total. The summed E-state index contributed by atoms with van der Waals surface area (Å²) in [4.78, 5) is 0. The zero-order valence-corrected chi connectivity index (χ0v) is 11.7. The third kappa shape index (κ3) is 3.58. The first kappa shape index (κ1) is 13.6. The average molecular weight is 246 g/mol. The van der Waals surface area contributed by atoms with Crippen molar-refractivity contribution in [3.63, 3.8) is 0 Å². The van der Waals surface area contributed by atoms with E-state index in [9.17, 15) is 5.11 Å². The molecule has 2 rings (SSSR count). The zero-order valence-electron chi connectivity index (χ0n) is 11.7. The quantitative estimate of drug-likeness (QED) is 0.847. The van der Waals surface area contributed by atoms with Crippen molar-refractivity contribution < 1.29 is 5.11 Å². The molecule has 1 fully saturated rings. The summed E-state index contributed by atoms with van der Waals surface area (Å²) in [6.07, 6.45) is 6.87. The second-order valence-corrected chi connectivity index (χ2v) is 6.05. The second kappa shape index (κ2) is 6.38. The summed E-state index contributed by atoms with van der Waals surface area (Å²) in [5, 5.41) is 10.3. The van der Waals surface area contributed by atoms with Gasteiger partial charge in [0.1, 0.15) is 0 Å². The number of rotatable bonds is 4. The summed E-state index contributed by atoms with van der Waals surface area (Å²) in [7, 11) is 0. The highest BCUT2D eigenvalue weighted by molar-refractivity contribution is 5.25. The van der Waals surface area contributed by atoms with Gasteiger partial charge in [-0.1, -0.05) is 44.0 Å². The third-order valence-electron chi connectivity index (χ3n) is 4.58. The van der Waals surface area contributed by atoms with Gasteiger partial charge in [0.2, 0.25) is 0 Å². The molecule has 0 bridgehead atoms. The van der Waals surface area contributed by atoms with Gasteiger partial charge in [-0.25, -0.2) is 0 Å². The summed E-state index contributed by atoms with van der Waals surface area (Å²) in [6, 6.07) is 8.52. The molecular weight excluding hydrogens is 220 g/mol. The minimum atomic E-state index is -0.0999. The maximum absolute atomic E-state index is 10.3. The van der Waals surface area contributed by atoms with Crippen LogP contribution in [0.15, 0.2) is 24.3 Å². The molecule has 18 heavy (non-hydrogen) atoms. The minimum Gasteiger partial charge on any atom is -0.393 e. The van der Waals surface area contributed by atoms with Crippen molar-refractivity contribution in [1.82, 2.24) is 0 Å². The summed E-state index contributed by atoms with van der Waals surface area (Å²) in [6.45, 7) is 4.49. The predicted octanol–water partition coefficient (Wildman–Crippen LogP) is 4.11. The fourth-order valence-corrected chi connectivity index (χ4v) is 3.10. The van der Waals surface area contributed by atoms with Crippen LogP contribution >= 0.6 is 0 Å². The lowest BCUT2D eigenvalue weighted by atomic mass is 9.79. The number of aliphatic hydroxyl groups excluding tert-OH is 1. The molecule has 1 aliphatic carbocycles. The molecule has 1 atom stereocenters. The highest BCUT2D eigenvalue weighted by atomic mass is 16.3. The van der Waals surface area contributed by atoms with Crippen molar-refractivity contribution in [1.29, 1.82) is 0 Å². The zero-order chi connectivity index (χ0) is 13.0. The Kier molecular flexibility index (Phi) is 4.82. The standard InChI is InChI=1S/C17H26O/c1-13-7-9-16(10-8-13)17(18)12-11-15-6-4-3-5-14(15)2/h3-6,13,16-18H,7-12H2,1-2H3. The van der Waals surface area contributed by atoms with Gasteiger partial charge in [0.05, 0.1) is 6.10 Å². The van der Waals surface area contributed by atoms with Crippen LogP contribution in [0.3, 0.4) is 0 Å². The van der Waals surface area contributed by atoms with Crippen LogP contribution in [0.5, 0.6) is 0 Å². The van der Waals surface area contributed by atoms with Gasteiger partial charge in [-0.3, -0.25) is 0 Å². The number of aryl methyl sites for hydroxylation is 2. The minimum absolute atomic E-state index is 0.0999. The van der Waals surface area contributed by atoms with E-state index in [1.807, 2.05) is 0 Å². The van der Waals surface area contributed by atoms with Crippen LogP contribution in [0, 0.1) is 18.8 Å². The first-order chi connectivity index (χ1) is 8.66. The van der Waals surface area contributed by atoms with Crippen molar-refractivity contribution in [2.75, 3.05) is 0 Å². The van der Waals surface area contributed by atoms with Gasteiger partial charge in [-0.2, -0.15) is 0 Å². The Labute approximate surface area is 111 Å². The lowest BCUT2D eigenvalue weighted by molar-refractivity contribution is 0.0690.